The fraction of sp³-hybridized carbons (Fsp3) is 0.684. The van der Waals surface area contributed by atoms with Crippen molar-refractivity contribution in [3.8, 4) is 0 Å². The third-order valence-corrected chi connectivity index (χ3v) is 3.80. The second kappa shape index (κ2) is 8.32. The van der Waals surface area contributed by atoms with Gasteiger partial charge in [-0.15, -0.1) is 0 Å². The highest BCUT2D eigenvalue weighted by Gasteiger charge is 2.23. The largest absolute Gasteiger partial charge is 0.461 e. The van der Waals surface area contributed by atoms with Crippen molar-refractivity contribution in [3.63, 3.8) is 0 Å². The molecule has 0 N–H and O–H groups in total. The first-order chi connectivity index (χ1) is 10.6. The van der Waals surface area contributed by atoms with Gasteiger partial charge in [0.05, 0.1) is 5.57 Å². The van der Waals surface area contributed by atoms with Gasteiger partial charge < -0.3 is 9.47 Å². The van der Waals surface area contributed by atoms with Crippen LogP contribution in [0.1, 0.15) is 59.8 Å². The molecule has 0 saturated heterocycles. The van der Waals surface area contributed by atoms with E-state index in [0.29, 0.717) is 18.3 Å². The number of carbonyl (C=O) groups excluding carboxylic acids is 2. The summed E-state index contributed by atoms with van der Waals surface area (Å²) >= 11 is 0. The molecule has 0 bridgehead atoms. The lowest BCUT2D eigenvalue weighted by atomic mass is 9.78. The highest BCUT2D eigenvalue weighted by atomic mass is 16.6. The van der Waals surface area contributed by atoms with Gasteiger partial charge in [0.2, 0.25) is 0 Å². The highest BCUT2D eigenvalue weighted by Crippen LogP contribution is 2.34. The summed E-state index contributed by atoms with van der Waals surface area (Å²) in [5.41, 5.74) is 0.859. The molecule has 130 valence electrons. The molecule has 0 amide bonds. The SMILES string of the molecule is C=C1CC(C)CC(CCC(=O)OCC(=C)C(=O)OC(C)(C)C)C1. The number of carbonyl (C=O) groups is 2. The normalized spacial score (nSPS) is 21.7. The number of rotatable bonds is 6. The van der Waals surface area contributed by atoms with Crippen molar-refractivity contribution in [1.29, 1.82) is 0 Å². The third-order valence-electron chi connectivity index (χ3n) is 3.80. The zero-order chi connectivity index (χ0) is 17.6. The predicted octanol–water partition coefficient (Wildman–Crippen LogP) is 4.20. The van der Waals surface area contributed by atoms with Crippen LogP contribution in [-0.4, -0.2) is 24.1 Å². The van der Waals surface area contributed by atoms with Gasteiger partial charge in [-0.05, 0) is 58.3 Å². The Labute approximate surface area is 139 Å². The Hall–Kier alpha value is -1.58. The monoisotopic (exact) mass is 322 g/mol. The topological polar surface area (TPSA) is 52.6 Å². The Morgan fingerprint density at radius 1 is 1.26 bits per heavy atom. The summed E-state index contributed by atoms with van der Waals surface area (Å²) in [5.74, 6) is 0.332. The average molecular weight is 322 g/mol. The van der Waals surface area contributed by atoms with E-state index >= 15 is 0 Å². The van der Waals surface area contributed by atoms with Crippen LogP contribution in [-0.2, 0) is 19.1 Å². The van der Waals surface area contributed by atoms with E-state index in [1.54, 1.807) is 20.8 Å². The van der Waals surface area contributed by atoms with E-state index in [2.05, 4.69) is 20.1 Å². The van der Waals surface area contributed by atoms with Crippen molar-refractivity contribution in [2.45, 2.75) is 65.4 Å². The fourth-order valence-electron chi connectivity index (χ4n) is 2.91. The van der Waals surface area contributed by atoms with Crippen LogP contribution < -0.4 is 0 Å². The van der Waals surface area contributed by atoms with E-state index < -0.39 is 11.6 Å². The molecule has 1 saturated carbocycles. The van der Waals surface area contributed by atoms with Gasteiger partial charge in [0.15, 0.2) is 0 Å². The molecule has 4 nitrogen and oxygen atoms in total. The maximum absolute atomic E-state index is 11.8. The fourth-order valence-corrected chi connectivity index (χ4v) is 2.91. The Morgan fingerprint density at radius 3 is 2.48 bits per heavy atom. The molecule has 0 radical (unpaired) electrons. The number of esters is 2. The molecule has 0 spiro atoms. The third kappa shape index (κ3) is 8.00. The van der Waals surface area contributed by atoms with E-state index in [-0.39, 0.29) is 18.1 Å². The minimum Gasteiger partial charge on any atom is -0.461 e. The van der Waals surface area contributed by atoms with E-state index in [4.69, 9.17) is 9.47 Å². The molecular weight excluding hydrogens is 292 g/mol. The predicted molar refractivity (Wildman–Crippen MR) is 90.8 cm³/mol. The van der Waals surface area contributed by atoms with Crippen LogP contribution in [0.2, 0.25) is 0 Å². The van der Waals surface area contributed by atoms with Crippen molar-refractivity contribution < 1.29 is 19.1 Å². The molecule has 0 heterocycles. The van der Waals surface area contributed by atoms with Gasteiger partial charge in [-0.25, -0.2) is 4.79 Å². The number of allylic oxidation sites excluding steroid dienone is 1. The van der Waals surface area contributed by atoms with E-state index in [0.717, 1.165) is 25.7 Å². The Bertz CT molecular complexity index is 470. The summed E-state index contributed by atoms with van der Waals surface area (Å²) in [4.78, 5) is 23.5. The second-order valence-electron chi connectivity index (χ2n) is 7.67. The van der Waals surface area contributed by atoms with E-state index in [9.17, 15) is 9.59 Å². The molecular formula is C19H30O4. The minimum atomic E-state index is -0.579. The standard InChI is InChI=1S/C19H30O4/c1-13-9-14(2)11-16(10-13)7-8-17(20)22-12-15(3)18(21)23-19(4,5)6/h14,16H,1,3,7-12H2,2,4-6H3. The zero-order valence-corrected chi connectivity index (χ0v) is 14.9. The minimum absolute atomic E-state index is 0.110. The summed E-state index contributed by atoms with van der Waals surface area (Å²) in [6.07, 6.45) is 4.41. The number of ether oxygens (including phenoxy) is 2. The molecule has 2 unspecified atom stereocenters. The molecule has 2 atom stereocenters. The molecule has 1 aliphatic carbocycles. The van der Waals surface area contributed by atoms with Crippen LogP contribution in [0.15, 0.2) is 24.3 Å². The van der Waals surface area contributed by atoms with Crippen molar-refractivity contribution in [2.24, 2.45) is 11.8 Å². The summed E-state index contributed by atoms with van der Waals surface area (Å²) < 4.78 is 10.3. The average Bonchev–Trinajstić information content (AvgIpc) is 2.39. The molecule has 1 rings (SSSR count). The van der Waals surface area contributed by atoms with Crippen LogP contribution in [0, 0.1) is 11.8 Å². The lowest BCUT2D eigenvalue weighted by Gasteiger charge is -2.28. The summed E-state index contributed by atoms with van der Waals surface area (Å²) in [5, 5.41) is 0. The van der Waals surface area contributed by atoms with Gasteiger partial charge in [0.25, 0.3) is 0 Å². The van der Waals surface area contributed by atoms with Crippen LogP contribution in [0.3, 0.4) is 0 Å². The van der Waals surface area contributed by atoms with Gasteiger partial charge in [0.1, 0.15) is 12.2 Å². The summed E-state index contributed by atoms with van der Waals surface area (Å²) in [7, 11) is 0. The summed E-state index contributed by atoms with van der Waals surface area (Å²) in [6.45, 7) is 15.1. The van der Waals surface area contributed by atoms with Crippen molar-refractivity contribution >= 4 is 11.9 Å². The van der Waals surface area contributed by atoms with Gasteiger partial charge in [-0.2, -0.15) is 0 Å². The number of hydrogen-bond donors (Lipinski definition) is 0. The van der Waals surface area contributed by atoms with Crippen LogP contribution in [0.4, 0.5) is 0 Å². The lowest BCUT2D eigenvalue weighted by molar-refractivity contribution is -0.151. The van der Waals surface area contributed by atoms with Gasteiger partial charge >= 0.3 is 11.9 Å². The smallest absolute Gasteiger partial charge is 0.337 e. The quantitative estimate of drug-likeness (QED) is 0.418. The molecule has 0 aromatic heterocycles. The summed E-state index contributed by atoms with van der Waals surface area (Å²) in [6, 6.07) is 0. The second-order valence-corrected chi connectivity index (χ2v) is 7.67. The first-order valence-corrected chi connectivity index (χ1v) is 8.30. The molecule has 1 fully saturated rings. The first-order valence-electron chi connectivity index (χ1n) is 8.30. The number of hydrogen-bond acceptors (Lipinski definition) is 4. The highest BCUT2D eigenvalue weighted by molar-refractivity contribution is 5.88. The van der Waals surface area contributed by atoms with Gasteiger partial charge in [-0.3, -0.25) is 4.79 Å². The lowest BCUT2D eigenvalue weighted by Crippen LogP contribution is -2.26. The first kappa shape index (κ1) is 19.5. The van der Waals surface area contributed by atoms with E-state index in [1.807, 2.05) is 0 Å². The Kier molecular flexibility index (Phi) is 7.04. The Morgan fingerprint density at radius 2 is 1.91 bits per heavy atom. The molecule has 0 aromatic rings. The Balaban J connectivity index is 2.27. The maximum atomic E-state index is 11.8. The maximum Gasteiger partial charge on any atom is 0.337 e. The molecule has 0 aromatic carbocycles. The molecule has 4 heteroatoms. The van der Waals surface area contributed by atoms with E-state index in [1.165, 1.54) is 5.57 Å². The van der Waals surface area contributed by atoms with Crippen LogP contribution in [0.25, 0.3) is 0 Å². The van der Waals surface area contributed by atoms with Crippen molar-refractivity contribution in [1.82, 2.24) is 0 Å². The van der Waals surface area contributed by atoms with Crippen molar-refractivity contribution in [2.75, 3.05) is 6.61 Å². The van der Waals surface area contributed by atoms with Crippen LogP contribution in [0.5, 0.6) is 0 Å². The molecule has 23 heavy (non-hydrogen) atoms. The van der Waals surface area contributed by atoms with Gasteiger partial charge in [-0.1, -0.05) is 25.7 Å². The molecule has 1 aliphatic rings. The van der Waals surface area contributed by atoms with Crippen LogP contribution >= 0.6 is 0 Å². The molecule has 0 aliphatic heterocycles. The van der Waals surface area contributed by atoms with Gasteiger partial charge in [0, 0.05) is 6.42 Å². The zero-order valence-electron chi connectivity index (χ0n) is 14.9. The van der Waals surface area contributed by atoms with Crippen molar-refractivity contribution in [3.05, 3.63) is 24.3 Å².